The molecule has 0 aliphatic rings. The van der Waals surface area contributed by atoms with Gasteiger partial charge in [-0.25, -0.2) is 8.78 Å². The lowest BCUT2D eigenvalue weighted by molar-refractivity contribution is 0.128. The number of rotatable bonds is 3. The first-order valence-electron chi connectivity index (χ1n) is 3.26. The fraction of sp³-hybridized carbons (Fsp3) is 0.429. The van der Waals surface area contributed by atoms with Crippen LogP contribution >= 0.6 is 0 Å². The van der Waals surface area contributed by atoms with Crippen molar-refractivity contribution in [3.05, 3.63) is 24.2 Å². The van der Waals surface area contributed by atoms with Crippen LogP contribution in [0.4, 0.5) is 8.78 Å². The highest BCUT2D eigenvalue weighted by molar-refractivity contribution is 5.10. The zero-order valence-corrected chi connectivity index (χ0v) is 5.84. The van der Waals surface area contributed by atoms with Crippen molar-refractivity contribution in [2.45, 2.75) is 18.9 Å². The molecule has 1 aromatic heterocycles. The monoisotopic (exact) mass is 161 g/mol. The molecule has 1 heterocycles. The molecule has 0 unspecified atom stereocenters. The molecule has 1 rings (SSSR count). The fourth-order valence-electron chi connectivity index (χ4n) is 0.814. The Bertz CT molecular complexity index is 198. The van der Waals surface area contributed by atoms with Gasteiger partial charge in [-0.05, 0) is 6.07 Å². The van der Waals surface area contributed by atoms with E-state index in [1.54, 1.807) is 6.07 Å². The topological polar surface area (TPSA) is 39.2 Å². The van der Waals surface area contributed by atoms with Crippen LogP contribution in [0.3, 0.4) is 0 Å². The van der Waals surface area contributed by atoms with Gasteiger partial charge in [0.1, 0.15) is 0 Å². The third-order valence-electron chi connectivity index (χ3n) is 1.40. The van der Waals surface area contributed by atoms with Gasteiger partial charge >= 0.3 is 0 Å². The zero-order valence-electron chi connectivity index (χ0n) is 5.84. The largest absolute Gasteiger partial charge is 0.472 e. The Morgan fingerprint density at radius 1 is 1.55 bits per heavy atom. The Morgan fingerprint density at radius 2 is 2.27 bits per heavy atom. The van der Waals surface area contributed by atoms with Gasteiger partial charge in [-0.15, -0.1) is 0 Å². The lowest BCUT2D eigenvalue weighted by Crippen LogP contribution is -2.12. The first-order valence-corrected chi connectivity index (χ1v) is 3.26. The molecule has 0 spiro atoms. The van der Waals surface area contributed by atoms with Crippen molar-refractivity contribution in [3.8, 4) is 0 Å². The van der Waals surface area contributed by atoms with Gasteiger partial charge in [0.05, 0.1) is 12.5 Å². The van der Waals surface area contributed by atoms with E-state index < -0.39 is 12.5 Å². The van der Waals surface area contributed by atoms with Gasteiger partial charge in [0.2, 0.25) is 6.43 Å². The lowest BCUT2D eigenvalue weighted by atomic mass is 10.1. The van der Waals surface area contributed by atoms with E-state index in [1.165, 1.54) is 12.5 Å². The van der Waals surface area contributed by atoms with Crippen molar-refractivity contribution in [2.24, 2.45) is 5.73 Å². The zero-order chi connectivity index (χ0) is 8.27. The first kappa shape index (κ1) is 8.20. The van der Waals surface area contributed by atoms with Crippen molar-refractivity contribution in [1.82, 2.24) is 0 Å². The maximum Gasteiger partial charge on any atom is 0.240 e. The summed E-state index contributed by atoms with van der Waals surface area (Å²) in [6.45, 7) is 0. The molecule has 0 saturated carbocycles. The van der Waals surface area contributed by atoms with E-state index in [2.05, 4.69) is 0 Å². The second-order valence-corrected chi connectivity index (χ2v) is 2.29. The van der Waals surface area contributed by atoms with Crippen molar-refractivity contribution >= 4 is 0 Å². The van der Waals surface area contributed by atoms with Crippen molar-refractivity contribution in [3.63, 3.8) is 0 Å². The molecule has 62 valence electrons. The molecule has 11 heavy (non-hydrogen) atoms. The summed E-state index contributed by atoms with van der Waals surface area (Å²) in [7, 11) is 0. The molecule has 0 bridgehead atoms. The molecule has 0 fully saturated rings. The van der Waals surface area contributed by atoms with Gasteiger partial charge < -0.3 is 10.2 Å². The van der Waals surface area contributed by atoms with E-state index in [0.717, 1.165) is 0 Å². The number of hydrogen-bond donors (Lipinski definition) is 1. The van der Waals surface area contributed by atoms with E-state index in [9.17, 15) is 8.78 Å². The molecule has 1 aromatic rings. The molecule has 0 aliphatic heterocycles. The first-order chi connectivity index (χ1) is 5.20. The summed E-state index contributed by atoms with van der Waals surface area (Å²) in [5, 5.41) is 0. The maximum atomic E-state index is 11.8. The molecular formula is C7H9F2NO. The standard InChI is InChI=1S/C7H9F2NO/c8-7(9)3-6(10)5-1-2-11-4-5/h1-2,4,6-7H,3,10H2/t6-/m1/s1. The summed E-state index contributed by atoms with van der Waals surface area (Å²) in [4.78, 5) is 0. The molecular weight excluding hydrogens is 152 g/mol. The fourth-order valence-corrected chi connectivity index (χ4v) is 0.814. The van der Waals surface area contributed by atoms with Crippen LogP contribution in [-0.2, 0) is 0 Å². The molecule has 4 heteroatoms. The minimum absolute atomic E-state index is 0.320. The summed E-state index contributed by atoms with van der Waals surface area (Å²) >= 11 is 0. The Labute approximate surface area is 63.0 Å². The number of furan rings is 1. The number of halogens is 2. The summed E-state index contributed by atoms with van der Waals surface area (Å²) in [6, 6.07) is 0.973. The van der Waals surface area contributed by atoms with Gasteiger partial charge in [0.15, 0.2) is 0 Å². The summed E-state index contributed by atoms with van der Waals surface area (Å²) in [5.74, 6) is 0. The number of nitrogens with two attached hydrogens (primary N) is 1. The number of hydrogen-bond acceptors (Lipinski definition) is 2. The van der Waals surface area contributed by atoms with Crippen LogP contribution in [0, 0.1) is 0 Å². The predicted octanol–water partition coefficient (Wildman–Crippen LogP) is 1.93. The Balaban J connectivity index is 2.49. The van der Waals surface area contributed by atoms with E-state index in [1.807, 2.05) is 0 Å². The van der Waals surface area contributed by atoms with E-state index in [-0.39, 0.29) is 6.42 Å². The molecule has 0 saturated heterocycles. The SMILES string of the molecule is N[C@H](CC(F)F)c1ccoc1. The smallest absolute Gasteiger partial charge is 0.240 e. The molecule has 0 aliphatic carbocycles. The van der Waals surface area contributed by atoms with Gasteiger partial charge in [-0.1, -0.05) is 0 Å². The minimum atomic E-state index is -2.36. The van der Waals surface area contributed by atoms with Crippen molar-refractivity contribution in [1.29, 1.82) is 0 Å². The Morgan fingerprint density at radius 3 is 2.73 bits per heavy atom. The molecule has 0 aromatic carbocycles. The minimum Gasteiger partial charge on any atom is -0.472 e. The molecule has 2 N–H and O–H groups in total. The third kappa shape index (κ3) is 2.31. The van der Waals surface area contributed by atoms with Crippen LogP contribution in [-0.4, -0.2) is 6.43 Å². The van der Waals surface area contributed by atoms with Crippen LogP contribution in [0.1, 0.15) is 18.0 Å². The van der Waals surface area contributed by atoms with Gasteiger partial charge in [-0.3, -0.25) is 0 Å². The van der Waals surface area contributed by atoms with E-state index in [4.69, 9.17) is 10.2 Å². The van der Waals surface area contributed by atoms with Crippen LogP contribution in [0.5, 0.6) is 0 Å². The third-order valence-corrected chi connectivity index (χ3v) is 1.40. The highest BCUT2D eigenvalue weighted by atomic mass is 19.3. The maximum absolute atomic E-state index is 11.8. The quantitative estimate of drug-likeness (QED) is 0.735. The Hall–Kier alpha value is -0.900. The average Bonchev–Trinajstić information content (AvgIpc) is 2.35. The summed E-state index contributed by atoms with van der Waals surface area (Å²) in [5.41, 5.74) is 6.02. The predicted molar refractivity (Wildman–Crippen MR) is 36.3 cm³/mol. The molecule has 2 nitrogen and oxygen atoms in total. The van der Waals surface area contributed by atoms with Crippen molar-refractivity contribution in [2.75, 3.05) is 0 Å². The van der Waals surface area contributed by atoms with E-state index >= 15 is 0 Å². The molecule has 0 radical (unpaired) electrons. The Kier molecular flexibility index (Phi) is 2.59. The highest BCUT2D eigenvalue weighted by Crippen LogP contribution is 2.17. The van der Waals surface area contributed by atoms with Crippen LogP contribution in [0.2, 0.25) is 0 Å². The van der Waals surface area contributed by atoms with E-state index in [0.29, 0.717) is 5.56 Å². The summed E-state index contributed by atoms with van der Waals surface area (Å²) in [6.07, 6.45) is 0.118. The van der Waals surface area contributed by atoms with Crippen LogP contribution in [0.15, 0.2) is 23.0 Å². The second kappa shape index (κ2) is 3.48. The molecule has 1 atom stereocenters. The average molecular weight is 161 g/mol. The van der Waals surface area contributed by atoms with Gasteiger partial charge in [0.25, 0.3) is 0 Å². The number of alkyl halides is 2. The van der Waals surface area contributed by atoms with Crippen LogP contribution in [0.25, 0.3) is 0 Å². The highest BCUT2D eigenvalue weighted by Gasteiger charge is 2.13. The lowest BCUT2D eigenvalue weighted by Gasteiger charge is -2.06. The van der Waals surface area contributed by atoms with Gasteiger partial charge in [-0.2, -0.15) is 0 Å². The van der Waals surface area contributed by atoms with Crippen molar-refractivity contribution < 1.29 is 13.2 Å². The summed E-state index contributed by atoms with van der Waals surface area (Å²) < 4.78 is 28.2. The normalized spacial score (nSPS) is 13.8. The van der Waals surface area contributed by atoms with Crippen LogP contribution < -0.4 is 5.73 Å². The van der Waals surface area contributed by atoms with Gasteiger partial charge in [0, 0.05) is 18.0 Å². The second-order valence-electron chi connectivity index (χ2n) is 2.29. The molecule has 0 amide bonds.